The van der Waals surface area contributed by atoms with Crippen molar-refractivity contribution in [2.45, 2.75) is 64.9 Å². The minimum atomic E-state index is -4.65. The van der Waals surface area contributed by atoms with Gasteiger partial charge in [-0.3, -0.25) is 9.59 Å². The lowest BCUT2D eigenvalue weighted by Gasteiger charge is -2.19. The first-order valence-corrected chi connectivity index (χ1v) is 13.1. The number of ether oxygens (including phenoxy) is 2. The number of halogens is 3. The Balaban J connectivity index is 1.66. The molecule has 1 aromatic carbocycles. The number of carbonyl (C=O) groups is 3. The van der Waals surface area contributed by atoms with Gasteiger partial charge in [0.05, 0.1) is 5.57 Å². The molecule has 2 aromatic rings. The molecule has 0 atom stereocenters. The summed E-state index contributed by atoms with van der Waals surface area (Å²) < 4.78 is 50.7. The maximum absolute atomic E-state index is 13.4. The first-order chi connectivity index (χ1) is 19.6. The maximum atomic E-state index is 13.4. The number of allylic oxidation sites excluding steroid dienone is 1. The third-order valence-corrected chi connectivity index (χ3v) is 6.78. The fourth-order valence-corrected chi connectivity index (χ4v) is 4.60. The highest BCUT2D eigenvalue weighted by molar-refractivity contribution is 6.25. The topological polar surface area (TPSA) is 122 Å². The molecule has 4 rings (SSSR count). The molecule has 0 saturated heterocycles. The summed E-state index contributed by atoms with van der Waals surface area (Å²) in [5.41, 5.74) is 0.209. The van der Waals surface area contributed by atoms with Crippen LogP contribution in [0.4, 0.5) is 13.2 Å². The van der Waals surface area contributed by atoms with Crippen molar-refractivity contribution in [3.8, 4) is 0 Å². The van der Waals surface area contributed by atoms with E-state index in [0.717, 1.165) is 0 Å². The van der Waals surface area contributed by atoms with Gasteiger partial charge in [0.25, 0.3) is 5.91 Å². The molecule has 0 fully saturated rings. The van der Waals surface area contributed by atoms with E-state index in [1.54, 1.807) is 40.7 Å². The minimum Gasteiger partial charge on any atom is -0.461 e. The van der Waals surface area contributed by atoms with Crippen LogP contribution >= 0.6 is 0 Å². The molecule has 222 valence electrons. The molecule has 0 unspecified atom stereocenters. The second-order valence-electron chi connectivity index (χ2n) is 11.0. The SMILES string of the molecule is C=CCOC(=O)CCc1c(C(=O)OC(C)(C)C)[nH]c(/C=C2\NC(=O)C(c3ccc(C4(C(F)(F)F)N=N4)cc3)=C2C)c1C. The Kier molecular flexibility index (Phi) is 8.03. The van der Waals surface area contributed by atoms with Crippen molar-refractivity contribution in [1.29, 1.82) is 0 Å². The summed E-state index contributed by atoms with van der Waals surface area (Å²) in [6.45, 7) is 12.3. The number of nitrogens with one attached hydrogen (secondary N) is 2. The van der Waals surface area contributed by atoms with Crippen LogP contribution in [0.2, 0.25) is 0 Å². The normalized spacial score (nSPS) is 17.0. The number of aromatic nitrogens is 1. The summed E-state index contributed by atoms with van der Waals surface area (Å²) in [5.74, 6) is -1.48. The van der Waals surface area contributed by atoms with E-state index in [4.69, 9.17) is 9.47 Å². The highest BCUT2D eigenvalue weighted by Gasteiger charge is 2.65. The average Bonchev–Trinajstić information content (AvgIpc) is 3.60. The van der Waals surface area contributed by atoms with Crippen molar-refractivity contribution in [3.63, 3.8) is 0 Å². The Morgan fingerprint density at radius 1 is 1.10 bits per heavy atom. The Hall–Kier alpha value is -4.48. The Bertz CT molecular complexity index is 1530. The number of esters is 2. The lowest BCUT2D eigenvalue weighted by atomic mass is 9.96. The molecule has 3 heterocycles. The van der Waals surface area contributed by atoms with Crippen LogP contribution in [-0.2, 0) is 31.1 Å². The van der Waals surface area contributed by atoms with Crippen LogP contribution in [0, 0.1) is 6.92 Å². The van der Waals surface area contributed by atoms with Crippen LogP contribution in [-0.4, -0.2) is 41.2 Å². The van der Waals surface area contributed by atoms with Crippen LogP contribution in [0.15, 0.2) is 58.4 Å². The number of aromatic amines is 1. The number of benzene rings is 1. The molecule has 0 radical (unpaired) electrons. The fraction of sp³-hybridized carbons (Fsp3) is 0.367. The van der Waals surface area contributed by atoms with Gasteiger partial charge in [-0.25, -0.2) is 4.79 Å². The number of hydrogen-bond donors (Lipinski definition) is 2. The summed E-state index contributed by atoms with van der Waals surface area (Å²) in [7, 11) is 0. The van der Waals surface area contributed by atoms with E-state index in [1.807, 2.05) is 0 Å². The summed E-state index contributed by atoms with van der Waals surface area (Å²) in [4.78, 5) is 41.2. The number of H-pyrrole nitrogens is 1. The van der Waals surface area contributed by atoms with Crippen molar-refractivity contribution < 1.29 is 37.0 Å². The predicted molar refractivity (Wildman–Crippen MR) is 148 cm³/mol. The largest absolute Gasteiger partial charge is 0.461 e. The van der Waals surface area contributed by atoms with Gasteiger partial charge in [-0.15, -0.1) is 10.2 Å². The zero-order valence-corrected chi connectivity index (χ0v) is 23.9. The van der Waals surface area contributed by atoms with Crippen LogP contribution in [0.3, 0.4) is 0 Å². The van der Waals surface area contributed by atoms with Crippen molar-refractivity contribution >= 4 is 29.5 Å². The van der Waals surface area contributed by atoms with Gasteiger partial charge in [-0.2, -0.15) is 13.2 Å². The van der Waals surface area contributed by atoms with Gasteiger partial charge in [0, 0.05) is 23.4 Å². The standard InChI is InChI=1S/C30H31F3N4O5/c1-7-14-41-23(38)13-12-20-16(2)21(34-25(20)27(40)42-28(4,5)6)15-22-17(3)24(26(39)35-22)18-8-10-19(11-9-18)29(36-37-29)30(31,32)33/h7-11,15,34H,1,12-14H2,2-6H3,(H,35,39)/b22-15-. The molecule has 0 saturated carbocycles. The zero-order valence-electron chi connectivity index (χ0n) is 23.9. The molecule has 0 bridgehead atoms. The third-order valence-electron chi connectivity index (χ3n) is 6.78. The molecule has 42 heavy (non-hydrogen) atoms. The van der Waals surface area contributed by atoms with Gasteiger partial charge in [0.2, 0.25) is 0 Å². The molecular formula is C30H31F3N4O5. The third kappa shape index (κ3) is 6.07. The second kappa shape index (κ2) is 11.1. The van der Waals surface area contributed by atoms with E-state index in [2.05, 4.69) is 27.1 Å². The number of hydrogen-bond acceptors (Lipinski definition) is 7. The summed E-state index contributed by atoms with van der Waals surface area (Å²) in [5, 5.41) is 9.21. The van der Waals surface area contributed by atoms with Crippen molar-refractivity contribution in [3.05, 3.63) is 81.8 Å². The van der Waals surface area contributed by atoms with Crippen LogP contribution in [0.25, 0.3) is 11.6 Å². The molecule has 1 amide bonds. The molecule has 2 aliphatic heterocycles. The molecule has 0 aliphatic carbocycles. The maximum Gasteiger partial charge on any atom is 0.442 e. The Morgan fingerprint density at radius 3 is 2.29 bits per heavy atom. The number of rotatable bonds is 9. The Morgan fingerprint density at radius 2 is 1.74 bits per heavy atom. The molecule has 2 N–H and O–H groups in total. The van der Waals surface area contributed by atoms with Crippen LogP contribution in [0.5, 0.6) is 0 Å². The molecule has 9 nitrogen and oxygen atoms in total. The van der Waals surface area contributed by atoms with Gasteiger partial charge < -0.3 is 19.8 Å². The first-order valence-electron chi connectivity index (χ1n) is 13.1. The van der Waals surface area contributed by atoms with E-state index < -0.39 is 35.3 Å². The highest BCUT2D eigenvalue weighted by atomic mass is 19.4. The fourth-order valence-electron chi connectivity index (χ4n) is 4.60. The van der Waals surface area contributed by atoms with E-state index in [-0.39, 0.29) is 30.7 Å². The van der Waals surface area contributed by atoms with Crippen molar-refractivity contribution in [1.82, 2.24) is 10.3 Å². The molecule has 0 spiro atoms. The van der Waals surface area contributed by atoms with Crippen LogP contribution in [0.1, 0.15) is 72.6 Å². The van der Waals surface area contributed by atoms with Crippen molar-refractivity contribution in [2.75, 3.05) is 6.61 Å². The van der Waals surface area contributed by atoms with E-state index >= 15 is 0 Å². The predicted octanol–water partition coefficient (Wildman–Crippen LogP) is 6.07. The molecule has 2 aliphatic rings. The van der Waals surface area contributed by atoms with Crippen LogP contribution < -0.4 is 5.32 Å². The smallest absolute Gasteiger partial charge is 0.442 e. The van der Waals surface area contributed by atoms with Gasteiger partial charge in [0.1, 0.15) is 17.9 Å². The number of amides is 1. The molecule has 1 aromatic heterocycles. The lowest BCUT2D eigenvalue weighted by Crippen LogP contribution is -2.30. The van der Waals surface area contributed by atoms with Gasteiger partial charge in [-0.1, -0.05) is 36.9 Å². The van der Waals surface area contributed by atoms with Gasteiger partial charge in [0.15, 0.2) is 0 Å². The number of alkyl halides is 3. The monoisotopic (exact) mass is 584 g/mol. The van der Waals surface area contributed by atoms with E-state index in [0.29, 0.717) is 39.2 Å². The van der Waals surface area contributed by atoms with Gasteiger partial charge in [-0.05, 0) is 69.4 Å². The van der Waals surface area contributed by atoms with E-state index in [1.165, 1.54) is 30.3 Å². The second-order valence-corrected chi connectivity index (χ2v) is 11.0. The van der Waals surface area contributed by atoms with Gasteiger partial charge >= 0.3 is 23.8 Å². The number of nitrogens with zero attached hydrogens (tertiary/aromatic N) is 2. The summed E-state index contributed by atoms with van der Waals surface area (Å²) in [6, 6.07) is 5.37. The highest BCUT2D eigenvalue weighted by Crippen LogP contribution is 2.52. The molecular weight excluding hydrogens is 553 g/mol. The number of carbonyl (C=O) groups excluding carboxylic acids is 3. The lowest BCUT2D eigenvalue weighted by molar-refractivity contribution is -0.166. The first kappa shape index (κ1) is 30.5. The quantitative estimate of drug-likeness (QED) is 0.274. The average molecular weight is 585 g/mol. The Labute approximate surface area is 240 Å². The molecule has 12 heteroatoms. The van der Waals surface area contributed by atoms with E-state index in [9.17, 15) is 27.6 Å². The zero-order chi connectivity index (χ0) is 31.0. The summed E-state index contributed by atoms with van der Waals surface area (Å²) >= 11 is 0. The van der Waals surface area contributed by atoms with Crippen molar-refractivity contribution in [2.24, 2.45) is 10.2 Å². The summed E-state index contributed by atoms with van der Waals surface area (Å²) in [6.07, 6.45) is -1.31. The minimum absolute atomic E-state index is 0.0182.